The summed E-state index contributed by atoms with van der Waals surface area (Å²) in [6.07, 6.45) is 5.05. The molecule has 1 aliphatic heterocycles. The van der Waals surface area contributed by atoms with Gasteiger partial charge in [0.25, 0.3) is 11.1 Å². The molecule has 1 fully saturated rings. The number of aromatic nitrogens is 1. The fourth-order valence-electron chi connectivity index (χ4n) is 2.85. The smallest absolute Gasteiger partial charge is 0.268 e. The van der Waals surface area contributed by atoms with Crippen molar-refractivity contribution in [3.8, 4) is 0 Å². The first-order valence-corrected chi connectivity index (χ1v) is 8.66. The monoisotopic (exact) mass is 346 g/mol. The normalized spacial score (nSPS) is 16.2. The molecule has 5 heteroatoms. The Balaban J connectivity index is 1.64. The van der Waals surface area contributed by atoms with Crippen molar-refractivity contribution in [2.75, 3.05) is 0 Å². The van der Waals surface area contributed by atoms with Crippen LogP contribution in [0.5, 0.6) is 0 Å². The lowest BCUT2D eigenvalue weighted by Gasteiger charge is -2.14. The van der Waals surface area contributed by atoms with Crippen LogP contribution in [0.25, 0.3) is 16.8 Å². The first-order valence-electron chi connectivity index (χ1n) is 7.84. The van der Waals surface area contributed by atoms with Crippen molar-refractivity contribution >= 4 is 39.8 Å². The van der Waals surface area contributed by atoms with Crippen LogP contribution in [0.4, 0.5) is 4.79 Å². The summed E-state index contributed by atoms with van der Waals surface area (Å²) >= 11 is 0.979. The second-order valence-electron chi connectivity index (χ2n) is 5.69. The minimum atomic E-state index is -0.250. The average molecular weight is 346 g/mol. The van der Waals surface area contributed by atoms with Crippen LogP contribution in [-0.4, -0.2) is 21.0 Å². The Morgan fingerprint density at radius 3 is 2.56 bits per heavy atom. The van der Waals surface area contributed by atoms with Gasteiger partial charge >= 0.3 is 0 Å². The summed E-state index contributed by atoms with van der Waals surface area (Å²) in [6, 6.07) is 17.5. The second-order valence-corrected chi connectivity index (χ2v) is 6.68. The zero-order chi connectivity index (χ0) is 17.2. The molecule has 0 atom stereocenters. The van der Waals surface area contributed by atoms with Crippen molar-refractivity contribution in [1.82, 2.24) is 9.88 Å². The van der Waals surface area contributed by atoms with E-state index in [0.717, 1.165) is 33.7 Å². The number of hydrogen-bond donors (Lipinski definition) is 0. The third-order valence-electron chi connectivity index (χ3n) is 4.09. The highest BCUT2D eigenvalue weighted by Crippen LogP contribution is 2.34. The highest BCUT2D eigenvalue weighted by Gasteiger charge is 2.35. The van der Waals surface area contributed by atoms with Crippen LogP contribution in [0.2, 0.25) is 0 Å². The van der Waals surface area contributed by atoms with E-state index in [1.54, 1.807) is 30.6 Å². The van der Waals surface area contributed by atoms with E-state index in [0.29, 0.717) is 4.91 Å². The maximum Gasteiger partial charge on any atom is 0.293 e. The lowest BCUT2D eigenvalue weighted by molar-refractivity contribution is -0.123. The maximum absolute atomic E-state index is 12.7. The number of hydrogen-bond acceptors (Lipinski definition) is 4. The number of rotatable bonds is 3. The van der Waals surface area contributed by atoms with Crippen LogP contribution in [0.15, 0.2) is 71.9 Å². The molecule has 0 saturated carbocycles. The van der Waals surface area contributed by atoms with Crippen molar-refractivity contribution in [3.05, 3.63) is 83.0 Å². The summed E-state index contributed by atoms with van der Waals surface area (Å²) in [4.78, 5) is 30.7. The molecule has 0 aliphatic carbocycles. The SMILES string of the molecule is O=C1S/C(=C\c2ccncc2)C(=O)N1Cc1cccc2ccccc12. The fraction of sp³-hybridized carbons (Fsp3) is 0.0500. The van der Waals surface area contributed by atoms with E-state index in [1.165, 1.54) is 4.90 Å². The molecule has 122 valence electrons. The summed E-state index contributed by atoms with van der Waals surface area (Å²) < 4.78 is 0. The zero-order valence-electron chi connectivity index (χ0n) is 13.3. The number of benzene rings is 2. The van der Waals surface area contributed by atoms with Crippen LogP contribution in [-0.2, 0) is 11.3 Å². The molecule has 4 rings (SSSR count). The van der Waals surface area contributed by atoms with Gasteiger partial charge in [0.2, 0.25) is 0 Å². The minimum absolute atomic E-state index is 0.238. The maximum atomic E-state index is 12.7. The topological polar surface area (TPSA) is 50.3 Å². The Morgan fingerprint density at radius 2 is 1.72 bits per heavy atom. The van der Waals surface area contributed by atoms with Crippen LogP contribution >= 0.6 is 11.8 Å². The predicted molar refractivity (Wildman–Crippen MR) is 99.7 cm³/mol. The van der Waals surface area contributed by atoms with Crippen LogP contribution in [0, 0.1) is 0 Å². The molecule has 2 amide bonds. The Bertz CT molecular complexity index is 994. The molecule has 1 aliphatic rings. The summed E-state index contributed by atoms with van der Waals surface area (Å²) in [5.41, 5.74) is 1.82. The lowest BCUT2D eigenvalue weighted by Crippen LogP contribution is -2.27. The quantitative estimate of drug-likeness (QED) is 0.657. The molecule has 3 aromatic rings. The van der Waals surface area contributed by atoms with Gasteiger partial charge in [0, 0.05) is 12.4 Å². The number of pyridine rings is 1. The molecule has 0 radical (unpaired) electrons. The zero-order valence-corrected chi connectivity index (χ0v) is 14.1. The Hall–Kier alpha value is -2.92. The standard InChI is InChI=1S/C20H14N2O2S/c23-19-18(12-14-8-10-21-11-9-14)25-20(24)22(19)13-16-6-3-5-15-4-1-2-7-17(15)16/h1-12H,13H2/b18-12-. The Labute approximate surface area is 149 Å². The highest BCUT2D eigenvalue weighted by molar-refractivity contribution is 8.18. The molecular weight excluding hydrogens is 332 g/mol. The number of nitrogens with zero attached hydrogens (tertiary/aromatic N) is 2. The highest BCUT2D eigenvalue weighted by atomic mass is 32.2. The van der Waals surface area contributed by atoms with E-state index in [4.69, 9.17) is 0 Å². The van der Waals surface area contributed by atoms with Gasteiger partial charge in [-0.15, -0.1) is 0 Å². The fourth-order valence-corrected chi connectivity index (χ4v) is 3.69. The van der Waals surface area contributed by atoms with Gasteiger partial charge in [0.15, 0.2) is 0 Å². The van der Waals surface area contributed by atoms with E-state index in [1.807, 2.05) is 42.5 Å². The van der Waals surface area contributed by atoms with Crippen molar-refractivity contribution in [2.45, 2.75) is 6.54 Å². The van der Waals surface area contributed by atoms with Crippen molar-refractivity contribution in [2.24, 2.45) is 0 Å². The molecule has 1 aromatic heterocycles. The number of thioether (sulfide) groups is 1. The molecule has 0 bridgehead atoms. The van der Waals surface area contributed by atoms with E-state index in [-0.39, 0.29) is 17.7 Å². The van der Waals surface area contributed by atoms with Gasteiger partial charge in [-0.3, -0.25) is 19.5 Å². The van der Waals surface area contributed by atoms with Crippen molar-refractivity contribution in [3.63, 3.8) is 0 Å². The molecule has 0 unspecified atom stereocenters. The van der Waals surface area contributed by atoms with Crippen molar-refractivity contribution in [1.29, 1.82) is 0 Å². The predicted octanol–water partition coefficient (Wildman–Crippen LogP) is 4.47. The average Bonchev–Trinajstić information content (AvgIpc) is 2.90. The molecule has 2 heterocycles. The lowest BCUT2D eigenvalue weighted by atomic mass is 10.0. The summed E-state index contributed by atoms with van der Waals surface area (Å²) in [5.74, 6) is -0.250. The van der Waals surface area contributed by atoms with E-state index in [9.17, 15) is 9.59 Å². The molecule has 4 nitrogen and oxygen atoms in total. The minimum Gasteiger partial charge on any atom is -0.268 e. The molecular formula is C20H14N2O2S. The van der Waals surface area contributed by atoms with Gasteiger partial charge in [-0.1, -0.05) is 42.5 Å². The Kier molecular flexibility index (Phi) is 4.07. The van der Waals surface area contributed by atoms with Crippen LogP contribution in [0.1, 0.15) is 11.1 Å². The third kappa shape index (κ3) is 3.06. The first kappa shape index (κ1) is 15.6. The van der Waals surface area contributed by atoms with E-state index in [2.05, 4.69) is 4.98 Å². The summed E-state index contributed by atoms with van der Waals surface area (Å²) in [7, 11) is 0. The van der Waals surface area contributed by atoms with Crippen molar-refractivity contribution < 1.29 is 9.59 Å². The number of carbonyl (C=O) groups is 2. The van der Waals surface area contributed by atoms with Gasteiger partial charge in [-0.05, 0) is 51.9 Å². The molecule has 0 spiro atoms. The van der Waals surface area contributed by atoms with Gasteiger partial charge in [-0.2, -0.15) is 0 Å². The molecule has 25 heavy (non-hydrogen) atoms. The molecule has 2 aromatic carbocycles. The van der Waals surface area contributed by atoms with Crippen LogP contribution < -0.4 is 0 Å². The summed E-state index contributed by atoms with van der Waals surface area (Å²) in [5, 5.41) is 1.92. The third-order valence-corrected chi connectivity index (χ3v) is 4.99. The Morgan fingerprint density at radius 1 is 0.960 bits per heavy atom. The second kappa shape index (κ2) is 6.53. The van der Waals surface area contributed by atoms with E-state index < -0.39 is 0 Å². The molecule has 0 N–H and O–H groups in total. The number of amides is 2. The van der Waals surface area contributed by atoms with E-state index >= 15 is 0 Å². The summed E-state index contributed by atoms with van der Waals surface area (Å²) in [6.45, 7) is 0.277. The van der Waals surface area contributed by atoms with Gasteiger partial charge < -0.3 is 0 Å². The first-order chi connectivity index (χ1) is 12.2. The molecule has 1 saturated heterocycles. The number of imide groups is 1. The van der Waals surface area contributed by atoms with Crippen LogP contribution in [0.3, 0.4) is 0 Å². The number of carbonyl (C=O) groups excluding carboxylic acids is 2. The van der Waals surface area contributed by atoms with Gasteiger partial charge in [0.1, 0.15) is 0 Å². The van der Waals surface area contributed by atoms with Gasteiger partial charge in [-0.25, -0.2) is 0 Å². The largest absolute Gasteiger partial charge is 0.293 e. The number of fused-ring (bicyclic) bond motifs is 1. The van der Waals surface area contributed by atoms with Gasteiger partial charge in [0.05, 0.1) is 11.4 Å².